The van der Waals surface area contributed by atoms with Crippen LogP contribution < -0.4 is 0 Å². The molecule has 0 aliphatic carbocycles. The molecule has 3 nitrogen and oxygen atoms in total. The number of carbonyl (C=O) groups excluding carboxylic acids is 1. The van der Waals surface area contributed by atoms with Crippen molar-refractivity contribution in [1.29, 1.82) is 0 Å². The van der Waals surface area contributed by atoms with Gasteiger partial charge in [0.25, 0.3) is 0 Å². The molecule has 0 saturated carbocycles. The van der Waals surface area contributed by atoms with Crippen LogP contribution in [0.4, 0.5) is 0 Å². The molecule has 0 spiro atoms. The van der Waals surface area contributed by atoms with Crippen molar-refractivity contribution in [3.05, 3.63) is 13.8 Å². The van der Waals surface area contributed by atoms with Crippen molar-refractivity contribution in [2.45, 2.75) is 52.4 Å². The fraction of sp³-hybridized carbons (Fsp3) is 0.812. The summed E-state index contributed by atoms with van der Waals surface area (Å²) in [5, 5.41) is 0. The number of ether oxygens (including phenoxy) is 2. The van der Waals surface area contributed by atoms with Crippen LogP contribution in [-0.2, 0) is 33.7 Å². The predicted octanol–water partition coefficient (Wildman–Crippen LogP) is 3.82. The van der Waals surface area contributed by atoms with Crippen molar-refractivity contribution in [2.75, 3.05) is 20.3 Å². The van der Waals surface area contributed by atoms with Gasteiger partial charge in [-0.15, -0.1) is 5.92 Å². The minimum atomic E-state index is -0.482. The summed E-state index contributed by atoms with van der Waals surface area (Å²) in [7, 11) is 1.44. The Kier molecular flexibility index (Phi) is 14.3. The smallest absolute Gasteiger partial charge is 0.469 e. The molecule has 1 saturated heterocycles. The zero-order chi connectivity index (χ0) is 14.7. The van der Waals surface area contributed by atoms with Gasteiger partial charge >= 0.3 is 25.4 Å². The normalized spacial score (nSPS) is 24.4. The van der Waals surface area contributed by atoms with E-state index in [1.165, 1.54) is 13.5 Å². The summed E-state index contributed by atoms with van der Waals surface area (Å²) in [6.07, 6.45) is 6.45. The molecular weight excluding hydrogens is 306 g/mol. The number of rotatable bonds is 6. The molecule has 114 valence electrons. The van der Waals surface area contributed by atoms with Crippen molar-refractivity contribution >= 4 is 5.97 Å². The van der Waals surface area contributed by atoms with Crippen molar-refractivity contribution in [2.24, 2.45) is 11.3 Å². The first-order valence-corrected chi connectivity index (χ1v) is 7.37. The molecule has 0 amide bonds. The average Bonchev–Trinajstić information content (AvgIpc) is 2.81. The fourth-order valence-electron chi connectivity index (χ4n) is 2.16. The number of methoxy groups -OCH3 is 1. The fourth-order valence-corrected chi connectivity index (χ4v) is 2.16. The first-order chi connectivity index (χ1) is 9.08. The number of esters is 1. The van der Waals surface area contributed by atoms with Gasteiger partial charge in [-0.3, -0.25) is 4.79 Å². The molecule has 1 heterocycles. The summed E-state index contributed by atoms with van der Waals surface area (Å²) in [6, 6.07) is 0. The number of hydrogen-bond acceptors (Lipinski definition) is 3. The van der Waals surface area contributed by atoms with E-state index in [4.69, 9.17) is 9.47 Å². The molecule has 20 heavy (non-hydrogen) atoms. The molecule has 1 rings (SSSR count). The van der Waals surface area contributed by atoms with Gasteiger partial charge in [-0.2, -0.15) is 6.42 Å². The van der Waals surface area contributed by atoms with Gasteiger partial charge in [-0.05, 0) is 6.42 Å². The maximum Gasteiger partial charge on any atom is 2.00 e. The number of hydrogen-bond donors (Lipinski definition) is 0. The van der Waals surface area contributed by atoms with Gasteiger partial charge in [0.1, 0.15) is 0 Å². The Morgan fingerprint density at radius 2 is 1.95 bits per heavy atom. The van der Waals surface area contributed by atoms with E-state index >= 15 is 0 Å². The van der Waals surface area contributed by atoms with Crippen LogP contribution in [0.25, 0.3) is 0 Å². The summed E-state index contributed by atoms with van der Waals surface area (Å²) in [5.74, 6) is -0.127. The van der Waals surface area contributed by atoms with Crippen molar-refractivity contribution in [3.8, 4) is 0 Å². The molecule has 1 aliphatic rings. The van der Waals surface area contributed by atoms with Gasteiger partial charge in [0.2, 0.25) is 0 Å². The van der Waals surface area contributed by atoms with Gasteiger partial charge in [0.05, 0.1) is 19.1 Å². The van der Waals surface area contributed by atoms with Crippen molar-refractivity contribution < 1.29 is 33.7 Å². The zero-order valence-corrected chi connectivity index (χ0v) is 16.5. The molecule has 0 N–H and O–H groups in total. The molecule has 0 unspecified atom stereocenters. The predicted molar refractivity (Wildman–Crippen MR) is 78.5 cm³/mol. The first-order valence-electron chi connectivity index (χ1n) is 7.37. The Hall–Kier alpha value is 0.0534. The monoisotopic (exact) mass is 334 g/mol. The van der Waals surface area contributed by atoms with E-state index in [0.717, 1.165) is 32.1 Å². The molecule has 2 atom stereocenters. The van der Waals surface area contributed by atoms with Gasteiger partial charge in [-0.25, -0.2) is 0 Å². The summed E-state index contributed by atoms with van der Waals surface area (Å²) in [6.45, 7) is 12.9. The maximum absolute atomic E-state index is 11.8. The Bertz CT molecular complexity index is 244. The van der Waals surface area contributed by atoms with E-state index in [9.17, 15) is 4.79 Å². The largest absolute Gasteiger partial charge is 2.00 e. The van der Waals surface area contributed by atoms with E-state index in [1.54, 1.807) is 0 Å². The minimum Gasteiger partial charge on any atom is -0.469 e. The summed E-state index contributed by atoms with van der Waals surface area (Å²) < 4.78 is 10.2. The Morgan fingerprint density at radius 1 is 1.35 bits per heavy atom. The van der Waals surface area contributed by atoms with Crippen molar-refractivity contribution in [3.63, 3.8) is 0 Å². The topological polar surface area (TPSA) is 35.5 Å². The molecule has 1 aliphatic heterocycles. The summed E-state index contributed by atoms with van der Waals surface area (Å²) in [4.78, 5) is 11.8. The van der Waals surface area contributed by atoms with Crippen molar-refractivity contribution in [1.82, 2.24) is 0 Å². The zero-order valence-electron chi connectivity index (χ0n) is 13.6. The number of carbonyl (C=O) groups is 1. The van der Waals surface area contributed by atoms with Crippen LogP contribution in [0.3, 0.4) is 0 Å². The SMILES string of the molecule is [CH2-]CCC.[CH2-][C@@H]1COC[C@]1(CCCCC)C(=O)OC.[Zn+2]. The number of unbranched alkanes of at least 4 members (excludes halogenated alkanes) is 3. The third-order valence-electron chi connectivity index (χ3n) is 3.63. The van der Waals surface area contributed by atoms with Crippen LogP contribution in [0.15, 0.2) is 0 Å². The van der Waals surface area contributed by atoms with Crippen LogP contribution in [-0.4, -0.2) is 26.3 Å². The standard InChI is InChI=1S/C12H21O3.C4H9.Zn/c1-4-5-6-7-12(11(13)14-3)9-15-8-10(12)2;1-3-4-2;/h10H,2,4-9H2,1,3H3;1,3-4H2,2H3;/q2*-1;+2/t10-,12+;;/m1../s1. The second-order valence-corrected chi connectivity index (χ2v) is 5.17. The van der Waals surface area contributed by atoms with E-state index in [-0.39, 0.29) is 31.4 Å². The van der Waals surface area contributed by atoms with Gasteiger partial charge in [-0.1, -0.05) is 39.5 Å². The van der Waals surface area contributed by atoms with E-state index in [0.29, 0.717) is 13.2 Å². The van der Waals surface area contributed by atoms with E-state index in [1.807, 2.05) is 0 Å². The first kappa shape index (κ1) is 22.3. The minimum absolute atomic E-state index is 0. The van der Waals surface area contributed by atoms with Crippen LogP contribution in [0.2, 0.25) is 0 Å². The molecule has 4 heteroatoms. The van der Waals surface area contributed by atoms with Crippen LogP contribution in [0.1, 0.15) is 52.4 Å². The Morgan fingerprint density at radius 3 is 2.30 bits per heavy atom. The summed E-state index contributed by atoms with van der Waals surface area (Å²) >= 11 is 0. The Labute approximate surface area is 137 Å². The third-order valence-corrected chi connectivity index (χ3v) is 3.63. The van der Waals surface area contributed by atoms with E-state index < -0.39 is 5.41 Å². The van der Waals surface area contributed by atoms with Crippen LogP contribution in [0.5, 0.6) is 0 Å². The van der Waals surface area contributed by atoms with Crippen LogP contribution >= 0.6 is 0 Å². The van der Waals surface area contributed by atoms with Gasteiger partial charge in [0, 0.05) is 6.61 Å². The molecule has 0 aromatic carbocycles. The van der Waals surface area contributed by atoms with Gasteiger partial charge < -0.3 is 23.3 Å². The average molecular weight is 336 g/mol. The van der Waals surface area contributed by atoms with Gasteiger partial charge in [0.15, 0.2) is 0 Å². The third kappa shape index (κ3) is 6.67. The van der Waals surface area contributed by atoms with Crippen LogP contribution in [0, 0.1) is 25.2 Å². The Balaban J connectivity index is 0. The molecule has 1 fully saturated rings. The molecule has 0 bridgehead atoms. The molecule has 0 radical (unpaired) electrons. The second-order valence-electron chi connectivity index (χ2n) is 5.17. The van der Waals surface area contributed by atoms with E-state index in [2.05, 4.69) is 27.7 Å². The quantitative estimate of drug-likeness (QED) is 0.320. The molecular formula is C16H30O3Zn. The summed E-state index contributed by atoms with van der Waals surface area (Å²) in [5.41, 5.74) is -0.482. The maximum atomic E-state index is 11.8. The molecule has 0 aromatic rings. The second kappa shape index (κ2) is 12.8. The molecule has 0 aromatic heterocycles.